The van der Waals surface area contributed by atoms with Gasteiger partial charge in [-0.25, -0.2) is 0 Å². The highest BCUT2D eigenvalue weighted by atomic mass is 32.1. The molecule has 0 saturated heterocycles. The molecule has 0 heterocycles. The maximum Gasteiger partial charge on any atom is -0.00372 e. The van der Waals surface area contributed by atoms with Crippen molar-refractivity contribution in [3.05, 3.63) is 13.3 Å². The Labute approximate surface area is 50.9 Å². The third-order valence-electron chi connectivity index (χ3n) is 0.745. The van der Waals surface area contributed by atoms with Gasteiger partial charge in [0.05, 0.1) is 0 Å². The first kappa shape index (κ1) is 7.09. The van der Waals surface area contributed by atoms with E-state index in [4.69, 9.17) is 12.2 Å². The standard InChI is InChI=1S/C6H10S/c1-3-5-6(7)4-2/h4H,1,3,5H2,2H3. The largest absolute Gasteiger partial charge is 0.0894 e. The summed E-state index contributed by atoms with van der Waals surface area (Å²) in [5.41, 5.74) is 0. The fraction of sp³-hybridized carbons (Fsp3) is 0.500. The summed E-state index contributed by atoms with van der Waals surface area (Å²) in [6.07, 6.45) is 3.83. The molecule has 0 rings (SSSR count). The molecule has 0 aliphatic heterocycles. The second-order valence-electron chi connectivity index (χ2n) is 1.36. The molecule has 0 bridgehead atoms. The van der Waals surface area contributed by atoms with Crippen molar-refractivity contribution < 1.29 is 0 Å². The molecular formula is C6H10S. The lowest BCUT2D eigenvalue weighted by molar-refractivity contribution is 1.11. The molecule has 7 heavy (non-hydrogen) atoms. The fourth-order valence-corrected chi connectivity index (χ4v) is 0.463. The van der Waals surface area contributed by atoms with Gasteiger partial charge < -0.3 is 0 Å². The molecule has 0 N–H and O–H groups in total. The maximum atomic E-state index is 4.86. The number of hydrogen-bond donors (Lipinski definition) is 0. The van der Waals surface area contributed by atoms with Gasteiger partial charge in [-0.2, -0.15) is 0 Å². The van der Waals surface area contributed by atoms with Crippen LogP contribution in [-0.4, -0.2) is 4.86 Å². The van der Waals surface area contributed by atoms with Crippen molar-refractivity contribution in [3.8, 4) is 0 Å². The molecule has 0 saturated carbocycles. The smallest absolute Gasteiger partial charge is 0.00372 e. The third kappa shape index (κ3) is 3.93. The molecule has 0 aromatic heterocycles. The summed E-state index contributed by atoms with van der Waals surface area (Å²) < 4.78 is 0. The molecule has 0 aliphatic carbocycles. The van der Waals surface area contributed by atoms with Crippen molar-refractivity contribution >= 4 is 17.1 Å². The number of hydrogen-bond acceptors (Lipinski definition) is 1. The van der Waals surface area contributed by atoms with Crippen molar-refractivity contribution in [2.24, 2.45) is 0 Å². The Morgan fingerprint density at radius 1 is 1.86 bits per heavy atom. The molecule has 0 fully saturated rings. The molecule has 0 amide bonds. The quantitative estimate of drug-likeness (QED) is 0.507. The van der Waals surface area contributed by atoms with E-state index in [0.717, 1.165) is 17.7 Å². The second kappa shape index (κ2) is 4.25. The zero-order valence-electron chi connectivity index (χ0n) is 4.61. The van der Waals surface area contributed by atoms with Crippen LogP contribution in [0.5, 0.6) is 0 Å². The van der Waals surface area contributed by atoms with E-state index in [0.29, 0.717) is 0 Å². The van der Waals surface area contributed by atoms with Crippen molar-refractivity contribution in [3.63, 3.8) is 0 Å². The highest BCUT2D eigenvalue weighted by Gasteiger charge is 1.86. The van der Waals surface area contributed by atoms with Gasteiger partial charge in [0.25, 0.3) is 0 Å². The van der Waals surface area contributed by atoms with Crippen LogP contribution in [0, 0.1) is 13.3 Å². The Bertz CT molecular complexity index is 57.2. The molecule has 0 unspecified atom stereocenters. The summed E-state index contributed by atoms with van der Waals surface area (Å²) in [6.45, 7) is 5.62. The first-order valence-electron chi connectivity index (χ1n) is 2.42. The first-order chi connectivity index (χ1) is 3.31. The minimum Gasteiger partial charge on any atom is -0.0894 e. The fourth-order valence-electron chi connectivity index (χ4n) is 0.319. The molecule has 0 aromatic carbocycles. The zero-order chi connectivity index (χ0) is 5.70. The third-order valence-corrected chi connectivity index (χ3v) is 1.18. The highest BCUT2D eigenvalue weighted by molar-refractivity contribution is 7.80. The second-order valence-corrected chi connectivity index (χ2v) is 1.88. The van der Waals surface area contributed by atoms with Gasteiger partial charge in [-0.15, -0.1) is 0 Å². The summed E-state index contributed by atoms with van der Waals surface area (Å²) in [4.78, 5) is 1.02. The Morgan fingerprint density at radius 3 is 2.57 bits per heavy atom. The topological polar surface area (TPSA) is 0 Å². The lowest BCUT2D eigenvalue weighted by Gasteiger charge is -1.90. The van der Waals surface area contributed by atoms with Crippen molar-refractivity contribution in [1.82, 2.24) is 0 Å². The average Bonchev–Trinajstić information content (AvgIpc) is 1.68. The maximum absolute atomic E-state index is 4.86. The molecular weight excluding hydrogens is 104 g/mol. The van der Waals surface area contributed by atoms with Crippen LogP contribution in [0.25, 0.3) is 0 Å². The van der Waals surface area contributed by atoms with E-state index in [1.807, 2.05) is 13.3 Å². The van der Waals surface area contributed by atoms with Gasteiger partial charge in [0, 0.05) is 0 Å². The van der Waals surface area contributed by atoms with E-state index in [2.05, 4.69) is 6.92 Å². The van der Waals surface area contributed by atoms with E-state index >= 15 is 0 Å². The normalized spacial score (nSPS) is 8.86. The zero-order valence-corrected chi connectivity index (χ0v) is 5.42. The van der Waals surface area contributed by atoms with Crippen molar-refractivity contribution in [2.75, 3.05) is 0 Å². The molecule has 0 aliphatic rings. The van der Waals surface area contributed by atoms with Gasteiger partial charge >= 0.3 is 0 Å². The number of thiocarbonyl (C=S) groups is 1. The van der Waals surface area contributed by atoms with Crippen LogP contribution in [-0.2, 0) is 0 Å². The Kier molecular flexibility index (Phi) is 4.31. The minimum atomic E-state index is 0.920. The SMILES string of the molecule is [CH2]CCC(=S)[CH]C. The minimum absolute atomic E-state index is 0.920. The average molecular weight is 114 g/mol. The lowest BCUT2D eigenvalue weighted by atomic mass is 10.2. The van der Waals surface area contributed by atoms with Gasteiger partial charge in [0.2, 0.25) is 0 Å². The van der Waals surface area contributed by atoms with Gasteiger partial charge in [0.15, 0.2) is 0 Å². The molecule has 2 radical (unpaired) electrons. The Balaban J connectivity index is 3.00. The van der Waals surface area contributed by atoms with E-state index in [-0.39, 0.29) is 0 Å². The van der Waals surface area contributed by atoms with Crippen LogP contribution < -0.4 is 0 Å². The van der Waals surface area contributed by atoms with Crippen LogP contribution in [0.4, 0.5) is 0 Å². The highest BCUT2D eigenvalue weighted by Crippen LogP contribution is 1.93. The number of rotatable bonds is 3. The van der Waals surface area contributed by atoms with Crippen LogP contribution >= 0.6 is 12.2 Å². The summed E-state index contributed by atoms with van der Waals surface area (Å²) in [6, 6.07) is 0. The van der Waals surface area contributed by atoms with Crippen LogP contribution in [0.2, 0.25) is 0 Å². The van der Waals surface area contributed by atoms with Gasteiger partial charge in [0.1, 0.15) is 0 Å². The Morgan fingerprint density at radius 2 is 2.43 bits per heavy atom. The van der Waals surface area contributed by atoms with Gasteiger partial charge in [-0.3, -0.25) is 0 Å². The predicted molar refractivity (Wildman–Crippen MR) is 37.2 cm³/mol. The lowest BCUT2D eigenvalue weighted by Crippen LogP contribution is -1.88. The molecule has 40 valence electrons. The van der Waals surface area contributed by atoms with E-state index in [1.165, 1.54) is 0 Å². The molecule has 0 atom stereocenters. The Hall–Kier alpha value is 0.0900. The summed E-state index contributed by atoms with van der Waals surface area (Å²) in [5, 5.41) is 0. The van der Waals surface area contributed by atoms with Crippen molar-refractivity contribution in [1.29, 1.82) is 0 Å². The van der Waals surface area contributed by atoms with Crippen LogP contribution in [0.3, 0.4) is 0 Å². The summed E-state index contributed by atoms with van der Waals surface area (Å²) in [7, 11) is 0. The predicted octanol–water partition coefficient (Wildman–Crippen LogP) is 2.19. The van der Waals surface area contributed by atoms with Gasteiger partial charge in [-0.05, 0) is 24.1 Å². The molecule has 1 heteroatoms. The molecule has 0 aromatic rings. The first-order valence-corrected chi connectivity index (χ1v) is 2.83. The van der Waals surface area contributed by atoms with Crippen LogP contribution in [0.15, 0.2) is 0 Å². The van der Waals surface area contributed by atoms with E-state index < -0.39 is 0 Å². The van der Waals surface area contributed by atoms with Crippen molar-refractivity contribution in [2.45, 2.75) is 19.8 Å². The molecule has 0 spiro atoms. The summed E-state index contributed by atoms with van der Waals surface area (Å²) >= 11 is 4.86. The van der Waals surface area contributed by atoms with Crippen LogP contribution in [0.1, 0.15) is 19.8 Å². The van der Waals surface area contributed by atoms with E-state index in [9.17, 15) is 0 Å². The monoisotopic (exact) mass is 114 g/mol. The summed E-state index contributed by atoms with van der Waals surface area (Å²) in [5.74, 6) is 0. The van der Waals surface area contributed by atoms with E-state index in [1.54, 1.807) is 0 Å². The van der Waals surface area contributed by atoms with Gasteiger partial charge in [-0.1, -0.05) is 26.1 Å². The molecule has 0 nitrogen and oxygen atoms in total.